The Balaban J connectivity index is 2.62. The maximum Gasteiger partial charge on any atom is 0.227 e. The number of nitrogens with zero attached hydrogens (tertiary/aromatic N) is 1. The van der Waals surface area contributed by atoms with Crippen LogP contribution in [-0.4, -0.2) is 16.5 Å². The SMILES string of the molecule is CC(=O)n1cc(CC(C)N)c2ccccc21. The van der Waals surface area contributed by atoms with E-state index in [-0.39, 0.29) is 11.9 Å². The molecule has 0 fully saturated rings. The van der Waals surface area contributed by atoms with E-state index in [2.05, 4.69) is 0 Å². The smallest absolute Gasteiger partial charge is 0.227 e. The molecule has 0 saturated carbocycles. The second kappa shape index (κ2) is 4.10. The quantitative estimate of drug-likeness (QED) is 0.836. The van der Waals surface area contributed by atoms with Gasteiger partial charge in [-0.2, -0.15) is 0 Å². The van der Waals surface area contributed by atoms with E-state index in [1.165, 1.54) is 0 Å². The fourth-order valence-corrected chi connectivity index (χ4v) is 2.02. The van der Waals surface area contributed by atoms with Gasteiger partial charge in [0.25, 0.3) is 0 Å². The van der Waals surface area contributed by atoms with Crippen LogP contribution < -0.4 is 5.73 Å². The summed E-state index contributed by atoms with van der Waals surface area (Å²) in [4.78, 5) is 11.5. The molecule has 1 unspecified atom stereocenters. The van der Waals surface area contributed by atoms with Gasteiger partial charge in [-0.3, -0.25) is 9.36 Å². The first-order chi connectivity index (χ1) is 7.59. The summed E-state index contributed by atoms with van der Waals surface area (Å²) in [6.45, 7) is 3.54. The molecule has 1 heterocycles. The van der Waals surface area contributed by atoms with Gasteiger partial charge in [0.15, 0.2) is 0 Å². The van der Waals surface area contributed by atoms with E-state index in [1.54, 1.807) is 11.5 Å². The molecule has 0 spiro atoms. The predicted octanol–water partition coefficient (Wildman–Crippen LogP) is 2.19. The Morgan fingerprint density at radius 2 is 2.12 bits per heavy atom. The van der Waals surface area contributed by atoms with Crippen molar-refractivity contribution in [2.45, 2.75) is 26.3 Å². The molecule has 0 radical (unpaired) electrons. The summed E-state index contributed by atoms with van der Waals surface area (Å²) < 4.78 is 1.69. The van der Waals surface area contributed by atoms with Gasteiger partial charge in [-0.05, 0) is 25.0 Å². The number of aromatic nitrogens is 1. The van der Waals surface area contributed by atoms with Crippen LogP contribution >= 0.6 is 0 Å². The van der Waals surface area contributed by atoms with Gasteiger partial charge in [0.1, 0.15) is 0 Å². The van der Waals surface area contributed by atoms with Gasteiger partial charge in [-0.25, -0.2) is 0 Å². The molecule has 0 aliphatic heterocycles. The monoisotopic (exact) mass is 216 g/mol. The third kappa shape index (κ3) is 1.86. The Kier molecular flexibility index (Phi) is 2.79. The highest BCUT2D eigenvalue weighted by Crippen LogP contribution is 2.22. The molecule has 0 aliphatic rings. The molecule has 3 nitrogen and oxygen atoms in total. The lowest BCUT2D eigenvalue weighted by atomic mass is 10.1. The highest BCUT2D eigenvalue weighted by molar-refractivity contribution is 5.93. The van der Waals surface area contributed by atoms with E-state index in [1.807, 2.05) is 37.4 Å². The van der Waals surface area contributed by atoms with Crippen LogP contribution in [0.4, 0.5) is 0 Å². The highest BCUT2D eigenvalue weighted by atomic mass is 16.1. The summed E-state index contributed by atoms with van der Waals surface area (Å²) in [5.74, 6) is 0.0344. The molecule has 2 rings (SSSR count). The molecular formula is C13H16N2O. The van der Waals surface area contributed by atoms with E-state index in [0.717, 1.165) is 22.9 Å². The van der Waals surface area contributed by atoms with Crippen molar-refractivity contribution in [1.82, 2.24) is 4.57 Å². The maximum atomic E-state index is 11.5. The molecule has 3 heteroatoms. The average molecular weight is 216 g/mol. The van der Waals surface area contributed by atoms with Gasteiger partial charge in [0, 0.05) is 24.5 Å². The zero-order valence-corrected chi connectivity index (χ0v) is 9.60. The fourth-order valence-electron chi connectivity index (χ4n) is 2.02. The van der Waals surface area contributed by atoms with Crippen molar-refractivity contribution in [1.29, 1.82) is 0 Å². The molecule has 1 aromatic carbocycles. The third-order valence-electron chi connectivity index (χ3n) is 2.68. The average Bonchev–Trinajstić information content (AvgIpc) is 2.57. The topological polar surface area (TPSA) is 48.0 Å². The van der Waals surface area contributed by atoms with Crippen molar-refractivity contribution in [3.63, 3.8) is 0 Å². The van der Waals surface area contributed by atoms with Gasteiger partial charge in [0.05, 0.1) is 5.52 Å². The van der Waals surface area contributed by atoms with Crippen LogP contribution in [0.3, 0.4) is 0 Å². The Morgan fingerprint density at radius 1 is 1.44 bits per heavy atom. The summed E-state index contributed by atoms with van der Waals surface area (Å²) in [6.07, 6.45) is 2.69. The molecule has 0 saturated heterocycles. The molecule has 84 valence electrons. The number of fused-ring (bicyclic) bond motifs is 1. The highest BCUT2D eigenvalue weighted by Gasteiger charge is 2.11. The van der Waals surface area contributed by atoms with E-state index < -0.39 is 0 Å². The van der Waals surface area contributed by atoms with Gasteiger partial charge in [-0.1, -0.05) is 18.2 Å². The molecule has 2 aromatic rings. The minimum atomic E-state index is 0.0344. The van der Waals surface area contributed by atoms with Crippen LogP contribution in [0.5, 0.6) is 0 Å². The molecule has 0 amide bonds. The Bertz CT molecular complexity index is 526. The van der Waals surface area contributed by atoms with E-state index in [0.29, 0.717) is 0 Å². The van der Waals surface area contributed by atoms with Crippen LogP contribution in [0.1, 0.15) is 24.2 Å². The van der Waals surface area contributed by atoms with Crippen LogP contribution in [0, 0.1) is 0 Å². The molecule has 0 aliphatic carbocycles. The summed E-state index contributed by atoms with van der Waals surface area (Å²) in [5.41, 5.74) is 7.91. The summed E-state index contributed by atoms with van der Waals surface area (Å²) in [5, 5.41) is 1.12. The van der Waals surface area contributed by atoms with E-state index in [9.17, 15) is 4.79 Å². The van der Waals surface area contributed by atoms with Crippen molar-refractivity contribution >= 4 is 16.8 Å². The second-order valence-electron chi connectivity index (χ2n) is 4.24. The zero-order chi connectivity index (χ0) is 11.7. The first-order valence-corrected chi connectivity index (χ1v) is 5.45. The third-order valence-corrected chi connectivity index (χ3v) is 2.68. The second-order valence-corrected chi connectivity index (χ2v) is 4.24. The summed E-state index contributed by atoms with van der Waals surface area (Å²) >= 11 is 0. The Morgan fingerprint density at radius 3 is 2.75 bits per heavy atom. The number of para-hydroxylation sites is 1. The lowest BCUT2D eigenvalue weighted by molar-refractivity contribution is 0.0941. The number of carbonyl (C=O) groups excluding carboxylic acids is 1. The van der Waals surface area contributed by atoms with Crippen molar-refractivity contribution in [3.8, 4) is 0 Å². The standard InChI is InChI=1S/C13H16N2O/c1-9(14)7-11-8-15(10(2)16)13-6-4-3-5-12(11)13/h3-6,8-9H,7,14H2,1-2H3. The number of benzene rings is 1. The van der Waals surface area contributed by atoms with Crippen LogP contribution in [-0.2, 0) is 6.42 Å². The lowest BCUT2D eigenvalue weighted by Gasteiger charge is -2.02. The number of rotatable bonds is 2. The predicted molar refractivity (Wildman–Crippen MR) is 65.6 cm³/mol. The number of hydrogen-bond acceptors (Lipinski definition) is 2. The molecule has 2 N–H and O–H groups in total. The van der Waals surface area contributed by atoms with Crippen molar-refractivity contribution < 1.29 is 4.79 Å². The van der Waals surface area contributed by atoms with Crippen LogP contribution in [0.25, 0.3) is 10.9 Å². The molecule has 1 aromatic heterocycles. The van der Waals surface area contributed by atoms with E-state index >= 15 is 0 Å². The fraction of sp³-hybridized carbons (Fsp3) is 0.308. The number of nitrogens with two attached hydrogens (primary N) is 1. The molecule has 0 bridgehead atoms. The number of hydrogen-bond donors (Lipinski definition) is 1. The minimum absolute atomic E-state index is 0.0344. The Labute approximate surface area is 94.9 Å². The van der Waals surface area contributed by atoms with Gasteiger partial charge < -0.3 is 5.73 Å². The zero-order valence-electron chi connectivity index (χ0n) is 9.60. The first-order valence-electron chi connectivity index (χ1n) is 5.45. The normalized spacial score (nSPS) is 12.9. The lowest BCUT2D eigenvalue weighted by Crippen LogP contribution is -2.17. The number of carbonyl (C=O) groups is 1. The van der Waals surface area contributed by atoms with Crippen LogP contribution in [0.15, 0.2) is 30.5 Å². The molecular weight excluding hydrogens is 200 g/mol. The van der Waals surface area contributed by atoms with E-state index in [4.69, 9.17) is 5.73 Å². The summed E-state index contributed by atoms with van der Waals surface area (Å²) in [6, 6.07) is 8.02. The molecule has 1 atom stereocenters. The molecule has 16 heavy (non-hydrogen) atoms. The van der Waals surface area contributed by atoms with Crippen molar-refractivity contribution in [3.05, 3.63) is 36.0 Å². The van der Waals surface area contributed by atoms with Crippen molar-refractivity contribution in [2.24, 2.45) is 5.73 Å². The largest absolute Gasteiger partial charge is 0.328 e. The Hall–Kier alpha value is -1.61. The van der Waals surface area contributed by atoms with Crippen molar-refractivity contribution in [2.75, 3.05) is 0 Å². The summed E-state index contributed by atoms with van der Waals surface area (Å²) in [7, 11) is 0. The maximum absolute atomic E-state index is 11.5. The van der Waals surface area contributed by atoms with Crippen LogP contribution in [0.2, 0.25) is 0 Å². The first kappa shape index (κ1) is 10.9. The van der Waals surface area contributed by atoms with Gasteiger partial charge in [0.2, 0.25) is 5.91 Å². The minimum Gasteiger partial charge on any atom is -0.328 e. The van der Waals surface area contributed by atoms with Gasteiger partial charge >= 0.3 is 0 Å². The van der Waals surface area contributed by atoms with Gasteiger partial charge in [-0.15, -0.1) is 0 Å².